The molecule has 0 saturated heterocycles. The van der Waals surface area contributed by atoms with Gasteiger partial charge in [-0.2, -0.15) is 0 Å². The Morgan fingerprint density at radius 2 is 1.74 bits per heavy atom. The van der Waals surface area contributed by atoms with Gasteiger partial charge in [0.25, 0.3) is 0 Å². The molecule has 2 N–H and O–H groups in total. The standard InChI is InChI=1S/C16H32N2O/c1-7-12(2)17-10-14(19)18-13-8-15(3,4)11-16(5,6)9-13/h12-13,17H,7-11H2,1-6H3,(H,18,19). The highest BCUT2D eigenvalue weighted by molar-refractivity contribution is 5.78. The van der Waals surface area contributed by atoms with Crippen molar-refractivity contribution in [1.82, 2.24) is 10.6 Å². The van der Waals surface area contributed by atoms with Crippen LogP contribution in [-0.2, 0) is 4.79 Å². The molecule has 3 heteroatoms. The summed E-state index contributed by atoms with van der Waals surface area (Å²) in [7, 11) is 0. The van der Waals surface area contributed by atoms with Crippen LogP contribution in [0.25, 0.3) is 0 Å². The second kappa shape index (κ2) is 6.25. The first-order valence-corrected chi connectivity index (χ1v) is 7.66. The summed E-state index contributed by atoms with van der Waals surface area (Å²) < 4.78 is 0. The van der Waals surface area contributed by atoms with Gasteiger partial charge in [0.05, 0.1) is 6.54 Å². The van der Waals surface area contributed by atoms with Gasteiger partial charge < -0.3 is 10.6 Å². The van der Waals surface area contributed by atoms with E-state index in [2.05, 4.69) is 52.2 Å². The van der Waals surface area contributed by atoms with E-state index in [9.17, 15) is 4.79 Å². The fraction of sp³-hybridized carbons (Fsp3) is 0.938. The summed E-state index contributed by atoms with van der Waals surface area (Å²) in [6, 6.07) is 0.731. The quantitative estimate of drug-likeness (QED) is 0.804. The molecule has 3 nitrogen and oxygen atoms in total. The van der Waals surface area contributed by atoms with Crippen molar-refractivity contribution in [3.63, 3.8) is 0 Å². The first-order chi connectivity index (χ1) is 8.63. The van der Waals surface area contributed by atoms with Crippen molar-refractivity contribution >= 4 is 5.91 Å². The Bertz CT molecular complexity index is 294. The van der Waals surface area contributed by atoms with Gasteiger partial charge >= 0.3 is 0 Å². The molecule has 1 amide bonds. The van der Waals surface area contributed by atoms with Gasteiger partial charge in [-0.15, -0.1) is 0 Å². The predicted octanol–water partition coefficient (Wildman–Crippen LogP) is 3.10. The Balaban J connectivity index is 2.45. The van der Waals surface area contributed by atoms with E-state index < -0.39 is 0 Å². The second-order valence-electron chi connectivity index (χ2n) is 7.87. The Morgan fingerprint density at radius 1 is 1.21 bits per heavy atom. The highest BCUT2D eigenvalue weighted by Crippen LogP contribution is 2.45. The lowest BCUT2D eigenvalue weighted by molar-refractivity contribution is -0.121. The molecule has 1 atom stereocenters. The maximum absolute atomic E-state index is 12.0. The number of carbonyl (C=O) groups excluding carboxylic acids is 1. The molecule has 19 heavy (non-hydrogen) atoms. The van der Waals surface area contributed by atoms with Crippen LogP contribution in [-0.4, -0.2) is 24.5 Å². The first kappa shape index (κ1) is 16.5. The molecule has 1 aliphatic rings. The van der Waals surface area contributed by atoms with Crippen LogP contribution in [0.2, 0.25) is 0 Å². The third-order valence-electron chi connectivity index (χ3n) is 4.14. The van der Waals surface area contributed by atoms with E-state index in [1.165, 1.54) is 6.42 Å². The molecule has 1 fully saturated rings. The van der Waals surface area contributed by atoms with Gasteiger partial charge in [-0.3, -0.25) is 4.79 Å². The molecule has 1 unspecified atom stereocenters. The molecule has 1 saturated carbocycles. The van der Waals surface area contributed by atoms with Crippen LogP contribution in [0.5, 0.6) is 0 Å². The molecule has 0 aromatic heterocycles. The van der Waals surface area contributed by atoms with Gasteiger partial charge in [-0.05, 0) is 43.4 Å². The number of hydrogen-bond donors (Lipinski definition) is 2. The third kappa shape index (κ3) is 5.94. The van der Waals surface area contributed by atoms with Gasteiger partial charge in [0, 0.05) is 12.1 Å². The third-order valence-corrected chi connectivity index (χ3v) is 4.14. The number of amides is 1. The van der Waals surface area contributed by atoms with E-state index in [0.29, 0.717) is 29.5 Å². The van der Waals surface area contributed by atoms with Gasteiger partial charge in [0.2, 0.25) is 5.91 Å². The van der Waals surface area contributed by atoms with E-state index in [1.54, 1.807) is 0 Å². The van der Waals surface area contributed by atoms with Crippen LogP contribution in [0, 0.1) is 10.8 Å². The summed E-state index contributed by atoms with van der Waals surface area (Å²) in [6.45, 7) is 13.9. The monoisotopic (exact) mass is 268 g/mol. The van der Waals surface area contributed by atoms with Gasteiger partial charge in [-0.25, -0.2) is 0 Å². The van der Waals surface area contributed by atoms with Crippen LogP contribution >= 0.6 is 0 Å². The molecular formula is C16H32N2O. The van der Waals surface area contributed by atoms with Crippen molar-refractivity contribution < 1.29 is 4.79 Å². The SMILES string of the molecule is CCC(C)NCC(=O)NC1CC(C)(C)CC(C)(C)C1. The Hall–Kier alpha value is -0.570. The van der Waals surface area contributed by atoms with Crippen LogP contribution in [0.4, 0.5) is 0 Å². The molecule has 1 aliphatic carbocycles. The molecule has 0 aromatic rings. The maximum Gasteiger partial charge on any atom is 0.234 e. The van der Waals surface area contributed by atoms with Crippen molar-refractivity contribution in [3.8, 4) is 0 Å². The molecule has 112 valence electrons. The van der Waals surface area contributed by atoms with Gasteiger partial charge in [-0.1, -0.05) is 34.6 Å². The van der Waals surface area contributed by atoms with E-state index in [0.717, 1.165) is 19.3 Å². The van der Waals surface area contributed by atoms with Crippen LogP contribution < -0.4 is 10.6 Å². The lowest BCUT2D eigenvalue weighted by atomic mass is 9.63. The zero-order valence-corrected chi connectivity index (χ0v) is 13.6. The van der Waals surface area contributed by atoms with E-state index in [4.69, 9.17) is 0 Å². The minimum atomic E-state index is 0.138. The first-order valence-electron chi connectivity index (χ1n) is 7.66. The largest absolute Gasteiger partial charge is 0.352 e. The van der Waals surface area contributed by atoms with Crippen molar-refractivity contribution in [2.75, 3.05) is 6.54 Å². The molecule has 0 heterocycles. The van der Waals surface area contributed by atoms with Gasteiger partial charge in [0.15, 0.2) is 0 Å². The zero-order chi connectivity index (χ0) is 14.7. The van der Waals surface area contributed by atoms with Crippen molar-refractivity contribution in [1.29, 1.82) is 0 Å². The van der Waals surface area contributed by atoms with Crippen LogP contribution in [0.3, 0.4) is 0 Å². The number of rotatable bonds is 5. The highest BCUT2D eigenvalue weighted by atomic mass is 16.2. The van der Waals surface area contributed by atoms with Crippen LogP contribution in [0.15, 0.2) is 0 Å². The summed E-state index contributed by atoms with van der Waals surface area (Å²) in [5, 5.41) is 6.46. The fourth-order valence-corrected chi connectivity index (χ4v) is 3.64. The summed E-state index contributed by atoms with van der Waals surface area (Å²) in [5.74, 6) is 0.138. The van der Waals surface area contributed by atoms with Crippen molar-refractivity contribution in [3.05, 3.63) is 0 Å². The molecule has 1 rings (SSSR count). The Labute approximate surface area is 118 Å². The molecule has 0 spiro atoms. The lowest BCUT2D eigenvalue weighted by Crippen LogP contribution is -2.48. The van der Waals surface area contributed by atoms with E-state index in [-0.39, 0.29) is 5.91 Å². The Kier molecular flexibility index (Phi) is 5.43. The molecule has 0 bridgehead atoms. The smallest absolute Gasteiger partial charge is 0.234 e. The average Bonchev–Trinajstić information content (AvgIpc) is 2.21. The fourth-order valence-electron chi connectivity index (χ4n) is 3.64. The number of nitrogens with one attached hydrogen (secondary N) is 2. The lowest BCUT2D eigenvalue weighted by Gasteiger charge is -2.45. The maximum atomic E-state index is 12.0. The number of hydrogen-bond acceptors (Lipinski definition) is 2. The molecule has 0 radical (unpaired) electrons. The van der Waals surface area contributed by atoms with E-state index in [1.807, 2.05) is 0 Å². The molecule has 0 aliphatic heterocycles. The Morgan fingerprint density at radius 3 is 2.21 bits per heavy atom. The molecular weight excluding hydrogens is 236 g/mol. The van der Waals surface area contributed by atoms with Crippen molar-refractivity contribution in [2.45, 2.75) is 79.3 Å². The number of carbonyl (C=O) groups is 1. The average molecular weight is 268 g/mol. The van der Waals surface area contributed by atoms with Crippen LogP contribution in [0.1, 0.15) is 67.2 Å². The summed E-state index contributed by atoms with van der Waals surface area (Å²) in [5.41, 5.74) is 0.646. The summed E-state index contributed by atoms with van der Waals surface area (Å²) >= 11 is 0. The van der Waals surface area contributed by atoms with E-state index >= 15 is 0 Å². The van der Waals surface area contributed by atoms with Crippen molar-refractivity contribution in [2.24, 2.45) is 10.8 Å². The molecule has 0 aromatic carbocycles. The zero-order valence-electron chi connectivity index (χ0n) is 13.6. The second-order valence-corrected chi connectivity index (χ2v) is 7.87. The minimum absolute atomic E-state index is 0.138. The minimum Gasteiger partial charge on any atom is -0.352 e. The van der Waals surface area contributed by atoms with Gasteiger partial charge in [0.1, 0.15) is 0 Å². The summed E-state index contributed by atoms with van der Waals surface area (Å²) in [4.78, 5) is 12.0. The summed E-state index contributed by atoms with van der Waals surface area (Å²) in [6.07, 6.45) is 4.46. The predicted molar refractivity (Wildman–Crippen MR) is 81.1 cm³/mol. The normalized spacial score (nSPS) is 23.9. The topological polar surface area (TPSA) is 41.1 Å². The highest BCUT2D eigenvalue weighted by Gasteiger charge is 2.38.